The third-order valence-electron chi connectivity index (χ3n) is 3.66. The Bertz CT molecular complexity index is 849. The number of nitrogens with zero attached hydrogens (tertiary/aromatic N) is 2. The molecule has 9 heteroatoms. The molecule has 0 heterocycles. The van der Waals surface area contributed by atoms with Crippen LogP contribution in [0.25, 0.3) is 0 Å². The Morgan fingerprint density at radius 3 is 2.37 bits per heavy atom. The van der Waals surface area contributed by atoms with Gasteiger partial charge in [-0.15, -0.1) is 0 Å². The van der Waals surface area contributed by atoms with Gasteiger partial charge in [-0.2, -0.15) is 0 Å². The van der Waals surface area contributed by atoms with Gasteiger partial charge in [0.15, 0.2) is 0 Å². The number of benzene rings is 2. The highest BCUT2D eigenvalue weighted by Gasteiger charge is 2.13. The highest BCUT2D eigenvalue weighted by molar-refractivity contribution is 5.96. The van der Waals surface area contributed by atoms with Crippen molar-refractivity contribution in [3.63, 3.8) is 0 Å². The zero-order chi connectivity index (χ0) is 20.0. The molecule has 0 radical (unpaired) electrons. The van der Waals surface area contributed by atoms with Crippen LogP contribution in [0.3, 0.4) is 0 Å². The summed E-state index contributed by atoms with van der Waals surface area (Å²) < 4.78 is 5.13. The number of carbonyl (C=O) groups excluding carboxylic acids is 2. The number of hydrogen-bond acceptors (Lipinski definition) is 6. The van der Waals surface area contributed by atoms with Crippen LogP contribution in [0.4, 0.5) is 17.1 Å². The first kappa shape index (κ1) is 19.7. The van der Waals surface area contributed by atoms with Gasteiger partial charge in [0, 0.05) is 37.5 Å². The lowest BCUT2D eigenvalue weighted by molar-refractivity contribution is -0.384. The molecule has 2 N–H and O–H groups in total. The second kappa shape index (κ2) is 8.65. The SMILES string of the molecule is COc1ccc([N+](=O)[O-])cc1NCC(=O)Nc1ccc(C(=O)N(C)C)cc1. The van der Waals surface area contributed by atoms with Gasteiger partial charge in [-0.3, -0.25) is 19.7 Å². The average molecular weight is 372 g/mol. The Morgan fingerprint density at radius 1 is 1.15 bits per heavy atom. The molecule has 9 nitrogen and oxygen atoms in total. The first-order valence-electron chi connectivity index (χ1n) is 7.99. The molecule has 0 saturated heterocycles. The Labute approximate surface area is 156 Å². The lowest BCUT2D eigenvalue weighted by atomic mass is 10.2. The van der Waals surface area contributed by atoms with Crippen LogP contribution in [0.5, 0.6) is 5.75 Å². The van der Waals surface area contributed by atoms with Crippen molar-refractivity contribution in [1.82, 2.24) is 4.90 Å². The van der Waals surface area contributed by atoms with E-state index in [0.717, 1.165) is 0 Å². The summed E-state index contributed by atoms with van der Waals surface area (Å²) >= 11 is 0. The van der Waals surface area contributed by atoms with Crippen LogP contribution in [-0.2, 0) is 4.79 Å². The van der Waals surface area contributed by atoms with Crippen molar-refractivity contribution in [1.29, 1.82) is 0 Å². The minimum Gasteiger partial charge on any atom is -0.495 e. The van der Waals surface area contributed by atoms with Crippen LogP contribution < -0.4 is 15.4 Å². The van der Waals surface area contributed by atoms with E-state index in [9.17, 15) is 19.7 Å². The summed E-state index contributed by atoms with van der Waals surface area (Å²) in [5.74, 6) is -0.0949. The van der Waals surface area contributed by atoms with Gasteiger partial charge < -0.3 is 20.3 Å². The van der Waals surface area contributed by atoms with E-state index in [-0.39, 0.29) is 24.0 Å². The Kier molecular flexibility index (Phi) is 6.32. The van der Waals surface area contributed by atoms with Crippen molar-refractivity contribution >= 4 is 28.9 Å². The molecule has 27 heavy (non-hydrogen) atoms. The molecule has 142 valence electrons. The molecule has 2 aromatic carbocycles. The minimum absolute atomic E-state index is 0.111. The molecule has 0 aliphatic carbocycles. The van der Waals surface area contributed by atoms with Crippen molar-refractivity contribution in [3.05, 3.63) is 58.1 Å². The van der Waals surface area contributed by atoms with E-state index in [1.54, 1.807) is 38.4 Å². The maximum Gasteiger partial charge on any atom is 0.271 e. The average Bonchev–Trinajstić information content (AvgIpc) is 2.66. The van der Waals surface area contributed by atoms with Crippen LogP contribution in [0.2, 0.25) is 0 Å². The third-order valence-corrected chi connectivity index (χ3v) is 3.66. The van der Waals surface area contributed by atoms with Crippen molar-refractivity contribution in [2.75, 3.05) is 38.4 Å². The van der Waals surface area contributed by atoms with Crippen molar-refractivity contribution in [3.8, 4) is 5.75 Å². The number of nitro benzene ring substituents is 1. The van der Waals surface area contributed by atoms with Crippen molar-refractivity contribution in [2.24, 2.45) is 0 Å². The number of amides is 2. The monoisotopic (exact) mass is 372 g/mol. The maximum absolute atomic E-state index is 12.1. The zero-order valence-corrected chi connectivity index (χ0v) is 15.2. The fourth-order valence-corrected chi connectivity index (χ4v) is 2.28. The summed E-state index contributed by atoms with van der Waals surface area (Å²) in [6, 6.07) is 10.6. The summed E-state index contributed by atoms with van der Waals surface area (Å²) in [6.45, 7) is -0.115. The predicted molar refractivity (Wildman–Crippen MR) is 101 cm³/mol. The molecule has 0 fully saturated rings. The summed E-state index contributed by atoms with van der Waals surface area (Å²) in [5.41, 5.74) is 1.27. The number of carbonyl (C=O) groups is 2. The van der Waals surface area contributed by atoms with Gasteiger partial charge in [0.05, 0.1) is 24.3 Å². The van der Waals surface area contributed by atoms with Gasteiger partial charge in [0.25, 0.3) is 11.6 Å². The van der Waals surface area contributed by atoms with Crippen LogP contribution in [0.15, 0.2) is 42.5 Å². The van der Waals surface area contributed by atoms with Gasteiger partial charge in [0.2, 0.25) is 5.91 Å². The highest BCUT2D eigenvalue weighted by atomic mass is 16.6. The molecule has 0 unspecified atom stereocenters. The minimum atomic E-state index is -0.527. The number of anilines is 2. The summed E-state index contributed by atoms with van der Waals surface area (Å²) in [4.78, 5) is 35.8. The third kappa shape index (κ3) is 5.18. The topological polar surface area (TPSA) is 114 Å². The molecular formula is C18H20N4O5. The number of ether oxygens (including phenoxy) is 1. The van der Waals surface area contributed by atoms with Crippen LogP contribution in [-0.4, -0.2) is 49.4 Å². The number of nitrogens with one attached hydrogen (secondary N) is 2. The van der Waals surface area contributed by atoms with Crippen LogP contribution in [0.1, 0.15) is 10.4 Å². The van der Waals surface area contributed by atoms with Gasteiger partial charge in [-0.25, -0.2) is 0 Å². The largest absolute Gasteiger partial charge is 0.495 e. The number of methoxy groups -OCH3 is 1. The van der Waals surface area contributed by atoms with E-state index >= 15 is 0 Å². The summed E-state index contributed by atoms with van der Waals surface area (Å²) in [5, 5.41) is 16.4. The fourth-order valence-electron chi connectivity index (χ4n) is 2.28. The quantitative estimate of drug-likeness (QED) is 0.570. The number of rotatable bonds is 7. The Hall–Kier alpha value is -3.62. The molecule has 0 aliphatic heterocycles. The summed E-state index contributed by atoms with van der Waals surface area (Å²) in [6.07, 6.45) is 0. The molecule has 0 aliphatic rings. The molecule has 0 bridgehead atoms. The molecule has 2 aromatic rings. The number of hydrogen-bond donors (Lipinski definition) is 2. The van der Waals surface area contributed by atoms with Crippen molar-refractivity contribution < 1.29 is 19.2 Å². The second-order valence-electron chi connectivity index (χ2n) is 5.82. The molecular weight excluding hydrogens is 352 g/mol. The Morgan fingerprint density at radius 2 is 1.81 bits per heavy atom. The van der Waals surface area contributed by atoms with Gasteiger partial charge in [-0.1, -0.05) is 0 Å². The van der Waals surface area contributed by atoms with E-state index in [4.69, 9.17) is 4.74 Å². The van der Waals surface area contributed by atoms with E-state index in [1.165, 1.54) is 30.2 Å². The highest BCUT2D eigenvalue weighted by Crippen LogP contribution is 2.28. The lowest BCUT2D eigenvalue weighted by Crippen LogP contribution is -2.23. The van der Waals surface area contributed by atoms with Crippen LogP contribution >= 0.6 is 0 Å². The normalized spacial score (nSPS) is 10.0. The Balaban J connectivity index is 1.99. The van der Waals surface area contributed by atoms with E-state index < -0.39 is 4.92 Å². The molecule has 2 rings (SSSR count). The fraction of sp³-hybridized carbons (Fsp3) is 0.222. The standard InChI is InChI=1S/C18H20N4O5/c1-21(2)18(24)12-4-6-13(7-5-12)20-17(23)11-19-15-10-14(22(25)26)8-9-16(15)27-3/h4-10,19H,11H2,1-3H3,(H,20,23). The molecule has 0 atom stereocenters. The first-order valence-corrected chi connectivity index (χ1v) is 7.99. The molecule has 2 amide bonds. The smallest absolute Gasteiger partial charge is 0.271 e. The maximum atomic E-state index is 12.1. The number of nitro groups is 1. The summed E-state index contributed by atoms with van der Waals surface area (Å²) in [7, 11) is 4.75. The van der Waals surface area contributed by atoms with Gasteiger partial charge in [0.1, 0.15) is 5.75 Å². The lowest BCUT2D eigenvalue weighted by Gasteiger charge is -2.12. The van der Waals surface area contributed by atoms with Gasteiger partial charge >= 0.3 is 0 Å². The molecule has 0 saturated carbocycles. The zero-order valence-electron chi connectivity index (χ0n) is 15.2. The second-order valence-corrected chi connectivity index (χ2v) is 5.82. The van der Waals surface area contributed by atoms with Gasteiger partial charge in [-0.05, 0) is 30.3 Å². The molecule has 0 spiro atoms. The first-order chi connectivity index (χ1) is 12.8. The van der Waals surface area contributed by atoms with Crippen LogP contribution in [0, 0.1) is 10.1 Å². The van der Waals surface area contributed by atoms with E-state index in [0.29, 0.717) is 22.7 Å². The molecule has 0 aromatic heterocycles. The van der Waals surface area contributed by atoms with E-state index in [1.807, 2.05) is 0 Å². The number of non-ortho nitro benzene ring substituents is 1. The van der Waals surface area contributed by atoms with Crippen molar-refractivity contribution in [2.45, 2.75) is 0 Å². The predicted octanol–water partition coefficient (Wildman–Crippen LogP) is 2.36. The van der Waals surface area contributed by atoms with E-state index in [2.05, 4.69) is 10.6 Å².